The molecular weight excluding hydrogens is 192 g/mol. The molecule has 0 amide bonds. The van der Waals surface area contributed by atoms with E-state index in [0.29, 0.717) is 5.58 Å². The van der Waals surface area contributed by atoms with Crippen molar-refractivity contribution < 1.29 is 13.9 Å². The Kier molecular flexibility index (Phi) is 1.78. The molecule has 1 aromatic carbocycles. The van der Waals surface area contributed by atoms with Gasteiger partial charge in [-0.1, -0.05) is 0 Å². The van der Waals surface area contributed by atoms with E-state index in [1.165, 1.54) is 5.56 Å². The summed E-state index contributed by atoms with van der Waals surface area (Å²) in [6.07, 6.45) is 2.11. The van der Waals surface area contributed by atoms with Gasteiger partial charge in [-0.15, -0.1) is 0 Å². The van der Waals surface area contributed by atoms with E-state index in [1.54, 1.807) is 6.07 Å². The van der Waals surface area contributed by atoms with Crippen LogP contribution in [0.3, 0.4) is 0 Å². The Labute approximate surface area is 86.3 Å². The molecule has 1 N–H and O–H groups in total. The largest absolute Gasteiger partial charge is 0.516 e. The summed E-state index contributed by atoms with van der Waals surface area (Å²) in [6.45, 7) is 0.761. The summed E-state index contributed by atoms with van der Waals surface area (Å²) in [5.41, 5.74) is 1.81. The molecule has 1 aliphatic rings. The number of hydrogen-bond donors (Lipinski definition) is 0. The van der Waals surface area contributed by atoms with E-state index < -0.39 is 0 Å². The van der Waals surface area contributed by atoms with Gasteiger partial charge in [0.1, 0.15) is 5.75 Å². The van der Waals surface area contributed by atoms with E-state index >= 15 is 0 Å². The molecule has 76 valence electrons. The minimum atomic E-state index is -0.0711. The first-order valence-electron chi connectivity index (χ1n) is 5.04. The van der Waals surface area contributed by atoms with Crippen LogP contribution in [0.1, 0.15) is 12.0 Å². The fourth-order valence-corrected chi connectivity index (χ4v) is 1.93. The summed E-state index contributed by atoms with van der Waals surface area (Å²) >= 11 is 0. The minimum absolute atomic E-state index is 0.0711. The van der Waals surface area contributed by atoms with E-state index in [0.717, 1.165) is 30.6 Å². The fraction of sp³-hybridized carbons (Fsp3) is 0.250. The van der Waals surface area contributed by atoms with Crippen molar-refractivity contribution in [3.63, 3.8) is 0 Å². The summed E-state index contributed by atoms with van der Waals surface area (Å²) in [4.78, 5) is 9.23. The Morgan fingerprint density at radius 2 is 2.13 bits per heavy atom. The molecule has 0 aliphatic carbocycles. The standard InChI is InChI=1S/C12H10O3/c13-12-4-3-9-6-8-2-1-5-14-10(8)7-11(9)15-12/h3-4,6-7H,1-2,5H2/p+1. The van der Waals surface area contributed by atoms with Gasteiger partial charge in [-0.3, -0.25) is 4.42 Å². The van der Waals surface area contributed by atoms with Gasteiger partial charge in [0.05, 0.1) is 18.7 Å². The zero-order valence-electron chi connectivity index (χ0n) is 8.19. The Balaban J connectivity index is 2.30. The number of aryl methyl sites for hydroxylation is 1. The zero-order valence-corrected chi connectivity index (χ0v) is 8.19. The van der Waals surface area contributed by atoms with Crippen LogP contribution in [0, 0.1) is 0 Å². The third kappa shape index (κ3) is 1.40. The summed E-state index contributed by atoms with van der Waals surface area (Å²) < 4.78 is 10.7. The van der Waals surface area contributed by atoms with Crippen molar-refractivity contribution in [2.24, 2.45) is 0 Å². The number of ether oxygens (including phenoxy) is 1. The lowest BCUT2D eigenvalue weighted by Gasteiger charge is -2.16. The molecule has 1 aliphatic heterocycles. The monoisotopic (exact) mass is 203 g/mol. The third-order valence-electron chi connectivity index (χ3n) is 2.66. The second-order valence-corrected chi connectivity index (χ2v) is 3.72. The highest BCUT2D eigenvalue weighted by molar-refractivity contribution is 5.79. The zero-order chi connectivity index (χ0) is 10.3. The van der Waals surface area contributed by atoms with Gasteiger partial charge in [0.25, 0.3) is 5.58 Å². The van der Waals surface area contributed by atoms with Gasteiger partial charge in [-0.2, -0.15) is 0 Å². The van der Waals surface area contributed by atoms with Crippen LogP contribution in [0.2, 0.25) is 0 Å². The van der Waals surface area contributed by atoms with E-state index in [1.807, 2.05) is 12.1 Å². The summed E-state index contributed by atoms with van der Waals surface area (Å²) in [5, 5.41) is 0.997. The quantitative estimate of drug-likeness (QED) is 0.483. The van der Waals surface area contributed by atoms with Crippen molar-refractivity contribution >= 4 is 11.0 Å². The van der Waals surface area contributed by atoms with Crippen molar-refractivity contribution in [3.8, 4) is 5.75 Å². The predicted octanol–water partition coefficient (Wildman–Crippen LogP) is 1.76. The molecule has 1 aromatic heterocycles. The number of fused-ring (bicyclic) bond motifs is 2. The first kappa shape index (κ1) is 8.53. The summed E-state index contributed by atoms with van der Waals surface area (Å²) in [6, 6.07) is 7.32. The highest BCUT2D eigenvalue weighted by Gasteiger charge is 2.14. The van der Waals surface area contributed by atoms with Gasteiger partial charge in [-0.05, 0) is 30.5 Å². The van der Waals surface area contributed by atoms with Gasteiger partial charge in [0.2, 0.25) is 0 Å². The molecule has 0 bridgehead atoms. The van der Waals surface area contributed by atoms with Crippen LogP contribution in [-0.2, 0) is 6.42 Å². The molecule has 0 atom stereocenters. The summed E-state index contributed by atoms with van der Waals surface area (Å²) in [7, 11) is 0. The van der Waals surface area contributed by atoms with E-state index in [4.69, 9.17) is 9.15 Å². The number of hydrogen-bond acceptors (Lipinski definition) is 2. The highest BCUT2D eigenvalue weighted by Crippen LogP contribution is 2.29. The predicted molar refractivity (Wildman–Crippen MR) is 55.1 cm³/mol. The van der Waals surface area contributed by atoms with Crippen LogP contribution in [0.5, 0.6) is 5.75 Å². The van der Waals surface area contributed by atoms with Gasteiger partial charge in [0.15, 0.2) is 0 Å². The molecule has 0 spiro atoms. The van der Waals surface area contributed by atoms with Crippen molar-refractivity contribution in [3.05, 3.63) is 35.5 Å². The van der Waals surface area contributed by atoms with Crippen molar-refractivity contribution in [1.82, 2.24) is 0 Å². The highest BCUT2D eigenvalue weighted by atomic mass is 16.5. The molecule has 0 radical (unpaired) electrons. The molecule has 0 fully saturated rings. The second-order valence-electron chi connectivity index (χ2n) is 3.72. The van der Waals surface area contributed by atoms with Gasteiger partial charge >= 0.3 is 5.63 Å². The van der Waals surface area contributed by atoms with Crippen molar-refractivity contribution in [1.29, 1.82) is 0 Å². The van der Waals surface area contributed by atoms with E-state index in [-0.39, 0.29) is 5.63 Å². The van der Waals surface area contributed by atoms with Gasteiger partial charge in [-0.25, -0.2) is 0 Å². The Bertz CT molecular complexity index is 569. The topological polar surface area (TPSA) is 43.8 Å². The van der Waals surface area contributed by atoms with E-state index in [9.17, 15) is 4.79 Å². The maximum Gasteiger partial charge on any atom is 0.516 e. The lowest BCUT2D eigenvalue weighted by Crippen LogP contribution is -2.08. The fourth-order valence-electron chi connectivity index (χ4n) is 1.93. The molecule has 15 heavy (non-hydrogen) atoms. The lowest BCUT2D eigenvalue weighted by atomic mass is 10.0. The molecule has 2 aromatic rings. The van der Waals surface area contributed by atoms with Crippen LogP contribution in [-0.4, -0.2) is 11.4 Å². The Morgan fingerprint density at radius 1 is 1.20 bits per heavy atom. The second kappa shape index (κ2) is 3.12. The third-order valence-corrected chi connectivity index (χ3v) is 2.66. The number of rotatable bonds is 0. The number of benzene rings is 1. The lowest BCUT2D eigenvalue weighted by molar-refractivity contribution is 0.288. The van der Waals surface area contributed by atoms with Crippen molar-refractivity contribution in [2.45, 2.75) is 12.8 Å². The van der Waals surface area contributed by atoms with Crippen LogP contribution in [0.15, 0.2) is 28.7 Å². The molecule has 0 unspecified atom stereocenters. The molecule has 0 saturated heterocycles. The van der Waals surface area contributed by atoms with Crippen LogP contribution in [0.25, 0.3) is 11.0 Å². The summed E-state index contributed by atoms with van der Waals surface area (Å²) in [5.74, 6) is 0.878. The molecule has 2 heterocycles. The van der Waals surface area contributed by atoms with Crippen LogP contribution in [0.4, 0.5) is 0 Å². The molecular formula is C12H11O3+. The van der Waals surface area contributed by atoms with Crippen LogP contribution >= 0.6 is 0 Å². The van der Waals surface area contributed by atoms with Gasteiger partial charge < -0.3 is 9.53 Å². The Morgan fingerprint density at radius 3 is 3.07 bits per heavy atom. The van der Waals surface area contributed by atoms with E-state index in [2.05, 4.69) is 6.07 Å². The first-order chi connectivity index (χ1) is 7.33. The van der Waals surface area contributed by atoms with Gasteiger partial charge in [0, 0.05) is 5.39 Å². The average molecular weight is 203 g/mol. The molecule has 0 saturated carbocycles. The maximum absolute atomic E-state index is 9.23. The SMILES string of the molecule is [OH+]=c1ccc2cc3c(cc2o1)OCCC3. The maximum atomic E-state index is 9.23. The smallest absolute Gasteiger partial charge is 0.493 e. The molecule has 3 nitrogen and oxygen atoms in total. The minimum Gasteiger partial charge on any atom is -0.493 e. The van der Waals surface area contributed by atoms with Crippen LogP contribution < -0.4 is 10.4 Å². The first-order valence-corrected chi connectivity index (χ1v) is 5.04. The van der Waals surface area contributed by atoms with Crippen molar-refractivity contribution in [2.75, 3.05) is 6.61 Å². The normalized spacial score (nSPS) is 14.7. The Hall–Kier alpha value is -1.77. The molecule has 3 heteroatoms. The average Bonchev–Trinajstić information content (AvgIpc) is 2.26. The molecule has 3 rings (SSSR count).